The van der Waals surface area contributed by atoms with E-state index in [1.165, 1.54) is 4.90 Å². The van der Waals surface area contributed by atoms with Gasteiger partial charge >= 0.3 is 6.09 Å². The van der Waals surface area contributed by atoms with Gasteiger partial charge in [-0.05, 0) is 36.2 Å². The van der Waals surface area contributed by atoms with Crippen molar-refractivity contribution in [3.63, 3.8) is 0 Å². The van der Waals surface area contributed by atoms with Crippen molar-refractivity contribution in [3.8, 4) is 0 Å². The molecule has 300 valence electrons. The first-order valence-corrected chi connectivity index (χ1v) is 19.3. The van der Waals surface area contributed by atoms with Crippen LogP contribution < -0.4 is 27.0 Å². The highest BCUT2D eigenvalue weighted by Crippen LogP contribution is 2.27. The van der Waals surface area contributed by atoms with Gasteiger partial charge in [-0.2, -0.15) is 0 Å². The molecule has 15 heteroatoms. The molecule has 0 aromatic heterocycles. The normalized spacial score (nSPS) is 19.1. The SMILES string of the molecule is CCCC(NC(=O)[C@@H]1C[C@@H](OCc2ccccc2)CN1C(=O)C(NC(=O)OCC(C)C)C(C)C)C(=O)C(=O)NCC(=O)NC(CC1CCCCC1)C(N)=O. The zero-order chi connectivity index (χ0) is 39.8. The van der Waals surface area contributed by atoms with E-state index in [1.54, 1.807) is 20.8 Å². The Hall–Kier alpha value is -4.53. The van der Waals surface area contributed by atoms with Crippen molar-refractivity contribution in [2.75, 3.05) is 19.7 Å². The minimum atomic E-state index is -1.25. The largest absolute Gasteiger partial charge is 0.449 e. The number of ether oxygens (including phenoxy) is 2. The number of rotatable bonds is 20. The molecule has 1 aromatic carbocycles. The monoisotopic (exact) mass is 756 g/mol. The number of alkyl carbamates (subject to hydrolysis) is 1. The molecule has 1 heterocycles. The molecule has 5 atom stereocenters. The molecule has 54 heavy (non-hydrogen) atoms. The summed E-state index contributed by atoms with van der Waals surface area (Å²) >= 11 is 0. The molecule has 0 radical (unpaired) electrons. The number of nitrogens with two attached hydrogens (primary N) is 1. The number of carbonyl (C=O) groups is 7. The molecular weight excluding hydrogens is 696 g/mol. The van der Waals surface area contributed by atoms with Crippen molar-refractivity contribution in [3.05, 3.63) is 35.9 Å². The molecule has 1 saturated carbocycles. The molecule has 6 amide bonds. The van der Waals surface area contributed by atoms with E-state index < -0.39 is 78.2 Å². The third-order valence-electron chi connectivity index (χ3n) is 9.75. The van der Waals surface area contributed by atoms with Gasteiger partial charge in [0.2, 0.25) is 29.4 Å². The molecule has 3 unspecified atom stereocenters. The second kappa shape index (κ2) is 22.0. The third kappa shape index (κ3) is 14.0. The smallest absolute Gasteiger partial charge is 0.407 e. The molecule has 2 aliphatic rings. The van der Waals surface area contributed by atoms with Gasteiger partial charge in [-0.3, -0.25) is 28.8 Å². The van der Waals surface area contributed by atoms with Crippen molar-refractivity contribution >= 4 is 41.4 Å². The van der Waals surface area contributed by atoms with Crippen LogP contribution in [0.25, 0.3) is 0 Å². The highest BCUT2D eigenvalue weighted by Gasteiger charge is 2.44. The van der Waals surface area contributed by atoms with E-state index >= 15 is 0 Å². The number of benzene rings is 1. The molecule has 2 fully saturated rings. The predicted molar refractivity (Wildman–Crippen MR) is 200 cm³/mol. The zero-order valence-corrected chi connectivity index (χ0v) is 32.4. The summed E-state index contributed by atoms with van der Waals surface area (Å²) < 4.78 is 11.4. The Bertz CT molecular complexity index is 1430. The Morgan fingerprint density at radius 3 is 2.20 bits per heavy atom. The van der Waals surface area contributed by atoms with Crippen molar-refractivity contribution in [2.24, 2.45) is 23.5 Å². The summed E-state index contributed by atoms with van der Waals surface area (Å²) in [5, 5.41) is 10.2. The number of carbonyl (C=O) groups excluding carboxylic acids is 7. The second-order valence-corrected chi connectivity index (χ2v) is 15.2. The number of hydrogen-bond acceptors (Lipinski definition) is 9. The van der Waals surface area contributed by atoms with Crippen LogP contribution in [0.4, 0.5) is 4.79 Å². The number of hydrogen-bond donors (Lipinski definition) is 5. The van der Waals surface area contributed by atoms with Crippen molar-refractivity contribution in [1.82, 2.24) is 26.2 Å². The maximum absolute atomic E-state index is 14.1. The number of likely N-dealkylation sites (tertiary alicyclic amines) is 1. The maximum atomic E-state index is 14.1. The van der Waals surface area contributed by atoms with Gasteiger partial charge in [-0.15, -0.1) is 0 Å². The number of nitrogens with zero attached hydrogens (tertiary/aromatic N) is 1. The third-order valence-corrected chi connectivity index (χ3v) is 9.75. The molecule has 15 nitrogen and oxygen atoms in total. The van der Waals surface area contributed by atoms with Gasteiger partial charge < -0.3 is 41.4 Å². The van der Waals surface area contributed by atoms with Crippen molar-refractivity contribution in [1.29, 1.82) is 0 Å². The van der Waals surface area contributed by atoms with E-state index in [0.717, 1.165) is 37.7 Å². The van der Waals surface area contributed by atoms with E-state index in [0.29, 0.717) is 12.8 Å². The van der Waals surface area contributed by atoms with Gasteiger partial charge in [0.1, 0.15) is 18.1 Å². The molecular formula is C39H60N6O9. The molecule has 0 spiro atoms. The average Bonchev–Trinajstić information content (AvgIpc) is 3.58. The van der Waals surface area contributed by atoms with Gasteiger partial charge in [0, 0.05) is 13.0 Å². The van der Waals surface area contributed by atoms with E-state index in [-0.39, 0.29) is 50.4 Å². The van der Waals surface area contributed by atoms with E-state index in [1.807, 2.05) is 44.2 Å². The fourth-order valence-electron chi connectivity index (χ4n) is 6.78. The first-order valence-electron chi connectivity index (χ1n) is 19.3. The first kappa shape index (κ1) is 43.9. The lowest BCUT2D eigenvalue weighted by molar-refractivity contribution is -0.143. The van der Waals surface area contributed by atoms with Crippen LogP contribution in [0.15, 0.2) is 30.3 Å². The highest BCUT2D eigenvalue weighted by molar-refractivity contribution is 6.38. The van der Waals surface area contributed by atoms with Gasteiger partial charge in [-0.1, -0.05) is 103 Å². The second-order valence-electron chi connectivity index (χ2n) is 15.2. The Morgan fingerprint density at radius 1 is 0.907 bits per heavy atom. The Kier molecular flexibility index (Phi) is 17.9. The van der Waals surface area contributed by atoms with Crippen LogP contribution in [0.5, 0.6) is 0 Å². The lowest BCUT2D eigenvalue weighted by Crippen LogP contribution is -2.57. The van der Waals surface area contributed by atoms with Crippen LogP contribution in [0, 0.1) is 17.8 Å². The molecule has 1 saturated heterocycles. The number of nitrogens with one attached hydrogen (secondary N) is 4. The van der Waals surface area contributed by atoms with Crippen LogP contribution in [0.1, 0.15) is 98.0 Å². The Balaban J connectivity index is 1.69. The van der Waals surface area contributed by atoms with E-state index in [2.05, 4.69) is 21.3 Å². The first-order chi connectivity index (χ1) is 25.7. The topological polar surface area (TPSA) is 215 Å². The summed E-state index contributed by atoms with van der Waals surface area (Å²) in [6.45, 7) is 8.96. The van der Waals surface area contributed by atoms with E-state index in [9.17, 15) is 33.6 Å². The molecule has 3 rings (SSSR count). The summed E-state index contributed by atoms with van der Waals surface area (Å²) in [4.78, 5) is 93.0. The fourth-order valence-corrected chi connectivity index (χ4v) is 6.78. The van der Waals surface area contributed by atoms with Crippen LogP contribution in [-0.4, -0.2) is 96.3 Å². The van der Waals surface area contributed by atoms with Gasteiger partial charge in [0.05, 0.1) is 31.9 Å². The molecule has 0 bridgehead atoms. The Labute approximate surface area is 318 Å². The van der Waals surface area contributed by atoms with Crippen LogP contribution in [0.3, 0.4) is 0 Å². The highest BCUT2D eigenvalue weighted by atomic mass is 16.5. The molecule has 6 N–H and O–H groups in total. The standard InChI is InChI=1S/C39H60N6O9/c1-6-13-29(34(47)37(50)41-20-32(46)42-30(35(40)48)18-26-14-9-7-10-15-26)43-36(49)31-19-28(53-23-27-16-11-8-12-17-27)21-45(31)38(51)33(25(4)5)44-39(52)54-22-24(2)3/h8,11-12,16-17,24-26,28-31,33H,6-7,9-10,13-15,18-23H2,1-5H3,(H2,40,48)(H,41,50)(H,42,46)(H,43,49)(H,44,52)/t28-,29?,30?,31+,33?/m1/s1. The Morgan fingerprint density at radius 2 is 1.59 bits per heavy atom. The summed E-state index contributed by atoms with van der Waals surface area (Å²) in [6.07, 6.45) is 4.91. The lowest BCUT2D eigenvalue weighted by Gasteiger charge is -2.31. The average molecular weight is 757 g/mol. The maximum Gasteiger partial charge on any atom is 0.407 e. The van der Waals surface area contributed by atoms with Crippen LogP contribution in [0.2, 0.25) is 0 Å². The number of primary amides is 1. The van der Waals surface area contributed by atoms with Gasteiger partial charge in [-0.25, -0.2) is 4.79 Å². The lowest BCUT2D eigenvalue weighted by atomic mass is 9.84. The van der Waals surface area contributed by atoms with Crippen LogP contribution in [-0.2, 0) is 44.8 Å². The van der Waals surface area contributed by atoms with Gasteiger partial charge in [0.25, 0.3) is 5.91 Å². The minimum Gasteiger partial charge on any atom is -0.449 e. The van der Waals surface area contributed by atoms with E-state index in [4.69, 9.17) is 15.2 Å². The zero-order valence-electron chi connectivity index (χ0n) is 32.4. The number of Topliss-reactive ketones (excluding diaryl/α,β-unsaturated/α-hetero) is 1. The van der Waals surface area contributed by atoms with Crippen molar-refractivity contribution < 1.29 is 43.0 Å². The molecule has 1 aliphatic carbocycles. The fraction of sp³-hybridized carbons (Fsp3) is 0.667. The van der Waals surface area contributed by atoms with Crippen molar-refractivity contribution in [2.45, 2.75) is 129 Å². The number of amides is 6. The quantitative estimate of drug-likeness (QED) is 0.123. The van der Waals surface area contributed by atoms with Crippen LogP contribution >= 0.6 is 0 Å². The molecule has 1 aromatic rings. The summed E-state index contributed by atoms with van der Waals surface area (Å²) in [5.74, 6) is -4.58. The summed E-state index contributed by atoms with van der Waals surface area (Å²) in [7, 11) is 0. The minimum absolute atomic E-state index is 0.0464. The van der Waals surface area contributed by atoms with Gasteiger partial charge in [0.15, 0.2) is 0 Å². The summed E-state index contributed by atoms with van der Waals surface area (Å²) in [5.41, 5.74) is 6.44. The predicted octanol–water partition coefficient (Wildman–Crippen LogP) is 2.49. The summed E-state index contributed by atoms with van der Waals surface area (Å²) in [6, 6.07) is 5.18. The molecule has 1 aliphatic heterocycles. The number of ketones is 1.